The van der Waals surface area contributed by atoms with Gasteiger partial charge >= 0.3 is 6.01 Å². The Hall–Kier alpha value is -2.53. The molecule has 2 atom stereocenters. The fraction of sp³-hybridized carbons (Fsp3) is 0.682. The van der Waals surface area contributed by atoms with Gasteiger partial charge in [-0.25, -0.2) is 4.98 Å². The Labute approximate surface area is 197 Å². The number of rotatable bonds is 5. The van der Waals surface area contributed by atoms with E-state index in [9.17, 15) is 4.79 Å². The van der Waals surface area contributed by atoms with E-state index < -0.39 is 0 Å². The van der Waals surface area contributed by atoms with Gasteiger partial charge in [0, 0.05) is 26.6 Å². The average Bonchev–Trinajstić information content (AvgIpc) is 3.47. The van der Waals surface area contributed by atoms with Crippen LogP contribution >= 0.6 is 11.3 Å². The van der Waals surface area contributed by atoms with Crippen LogP contribution in [0.4, 0.5) is 11.1 Å². The van der Waals surface area contributed by atoms with Crippen LogP contribution in [0, 0.1) is 5.92 Å². The summed E-state index contributed by atoms with van der Waals surface area (Å²) in [6.07, 6.45) is 8.42. The first-order valence-corrected chi connectivity index (χ1v) is 12.5. The molecule has 0 bridgehead atoms. The normalized spacial score (nSPS) is 27.3. The zero-order chi connectivity index (χ0) is 22.9. The molecular formula is C22H31N7O3S. The van der Waals surface area contributed by atoms with Gasteiger partial charge in [-0.2, -0.15) is 15.0 Å². The predicted octanol–water partition coefficient (Wildman–Crippen LogP) is 2.36. The molecule has 0 spiro atoms. The number of aromatic nitrogens is 4. The molecule has 3 heterocycles. The van der Waals surface area contributed by atoms with Gasteiger partial charge in [0.15, 0.2) is 11.0 Å². The Balaban J connectivity index is 1.38. The molecule has 2 aromatic rings. The van der Waals surface area contributed by atoms with Crippen molar-refractivity contribution in [1.82, 2.24) is 24.8 Å². The maximum atomic E-state index is 12.3. The van der Waals surface area contributed by atoms with Gasteiger partial charge in [-0.15, -0.1) is 0 Å². The van der Waals surface area contributed by atoms with Crippen LogP contribution in [0.3, 0.4) is 0 Å². The first-order valence-electron chi connectivity index (χ1n) is 11.7. The number of carbonyl (C=O) groups excluding carboxylic acids is 1. The molecule has 0 unspecified atom stereocenters. The Bertz CT molecular complexity index is 992. The molecule has 0 radical (unpaired) electrons. The molecule has 2 saturated carbocycles. The summed E-state index contributed by atoms with van der Waals surface area (Å²) in [5.74, 6) is 1.41. The molecule has 1 amide bonds. The highest BCUT2D eigenvalue weighted by Gasteiger charge is 2.38. The number of amides is 1. The van der Waals surface area contributed by atoms with Crippen molar-refractivity contribution in [2.24, 2.45) is 5.92 Å². The molecule has 178 valence electrons. The molecule has 33 heavy (non-hydrogen) atoms. The number of morpholine rings is 1. The summed E-state index contributed by atoms with van der Waals surface area (Å²) < 4.78 is 12.2. The van der Waals surface area contributed by atoms with Gasteiger partial charge in [-0.3, -0.25) is 4.79 Å². The van der Waals surface area contributed by atoms with E-state index in [0.29, 0.717) is 29.5 Å². The van der Waals surface area contributed by atoms with Gasteiger partial charge in [0.25, 0.3) is 0 Å². The summed E-state index contributed by atoms with van der Waals surface area (Å²) in [6, 6.07) is 0.603. The molecule has 2 N–H and O–H groups in total. The number of nitrogen functional groups attached to an aromatic ring is 1. The van der Waals surface area contributed by atoms with Crippen LogP contribution < -0.4 is 15.4 Å². The molecule has 0 aromatic carbocycles. The van der Waals surface area contributed by atoms with Gasteiger partial charge in [-0.1, -0.05) is 11.3 Å². The second-order valence-corrected chi connectivity index (χ2v) is 10.3. The van der Waals surface area contributed by atoms with Crippen molar-refractivity contribution < 1.29 is 14.3 Å². The number of hydrogen-bond acceptors (Lipinski definition) is 10. The number of carbonyl (C=O) groups is 1. The Kier molecular flexibility index (Phi) is 6.33. The summed E-state index contributed by atoms with van der Waals surface area (Å²) in [4.78, 5) is 35.3. The minimum Gasteiger partial charge on any atom is -0.460 e. The minimum atomic E-state index is -0.0187. The van der Waals surface area contributed by atoms with E-state index in [0.717, 1.165) is 56.4 Å². The number of nitrogens with zero attached hydrogens (tertiary/aromatic N) is 6. The number of fused-ring (bicyclic) bond motifs is 1. The summed E-state index contributed by atoms with van der Waals surface area (Å²) in [5, 5.41) is 0.473. The lowest BCUT2D eigenvalue weighted by atomic mass is 9.86. The van der Waals surface area contributed by atoms with Crippen molar-refractivity contribution in [2.45, 2.75) is 63.2 Å². The van der Waals surface area contributed by atoms with Crippen molar-refractivity contribution in [2.75, 3.05) is 37.9 Å². The van der Waals surface area contributed by atoms with E-state index >= 15 is 0 Å². The van der Waals surface area contributed by atoms with Crippen molar-refractivity contribution in [1.29, 1.82) is 0 Å². The highest BCUT2D eigenvalue weighted by Crippen LogP contribution is 2.34. The minimum absolute atomic E-state index is 0.0187. The predicted molar refractivity (Wildman–Crippen MR) is 125 cm³/mol. The first-order chi connectivity index (χ1) is 16.0. The van der Waals surface area contributed by atoms with Gasteiger partial charge < -0.3 is 25.0 Å². The van der Waals surface area contributed by atoms with Crippen molar-refractivity contribution in [3.05, 3.63) is 6.20 Å². The lowest BCUT2D eigenvalue weighted by Gasteiger charge is -2.37. The molecule has 2 aromatic heterocycles. The van der Waals surface area contributed by atoms with Crippen LogP contribution in [-0.4, -0.2) is 76.2 Å². The van der Waals surface area contributed by atoms with E-state index in [1.165, 1.54) is 11.3 Å². The van der Waals surface area contributed by atoms with Crippen LogP contribution in [0.2, 0.25) is 0 Å². The summed E-state index contributed by atoms with van der Waals surface area (Å²) in [5.41, 5.74) is 5.86. The van der Waals surface area contributed by atoms with Crippen molar-refractivity contribution in [3.63, 3.8) is 0 Å². The molecule has 5 rings (SSSR count). The smallest absolute Gasteiger partial charge is 0.322 e. The Morgan fingerprint density at radius 2 is 2.00 bits per heavy atom. The zero-order valence-corrected chi connectivity index (χ0v) is 20.0. The molecule has 3 aliphatic rings. The highest BCUT2D eigenvalue weighted by atomic mass is 32.1. The number of thiazole rings is 1. The number of anilines is 2. The molecule has 2 aliphatic carbocycles. The SMILES string of the molecule is CN(C)C(=O)[C@H]1CC[C@H](Oc2nc(-c3cnc(N)s3)nc(N3CCO[C@H]4CCC[C@@H]43)n2)CC1. The lowest BCUT2D eigenvalue weighted by Crippen LogP contribution is -2.49. The topological polar surface area (TPSA) is 120 Å². The van der Waals surface area contributed by atoms with Gasteiger partial charge in [-0.05, 0) is 44.9 Å². The first kappa shape index (κ1) is 22.3. The molecule has 11 heteroatoms. The van der Waals surface area contributed by atoms with Crippen LogP contribution in [-0.2, 0) is 9.53 Å². The monoisotopic (exact) mass is 473 g/mol. The number of nitrogens with two attached hydrogens (primary N) is 1. The molecule has 1 aliphatic heterocycles. The summed E-state index contributed by atoms with van der Waals surface area (Å²) in [6.45, 7) is 1.41. The third-order valence-corrected chi connectivity index (χ3v) is 7.64. The fourth-order valence-electron chi connectivity index (χ4n) is 5.14. The maximum Gasteiger partial charge on any atom is 0.322 e. The van der Waals surface area contributed by atoms with E-state index in [1.54, 1.807) is 11.1 Å². The molecule has 1 saturated heterocycles. The van der Waals surface area contributed by atoms with E-state index in [4.69, 9.17) is 25.2 Å². The Morgan fingerprint density at radius 1 is 1.18 bits per heavy atom. The number of ether oxygens (including phenoxy) is 2. The fourth-order valence-corrected chi connectivity index (χ4v) is 5.76. The number of hydrogen-bond donors (Lipinski definition) is 1. The van der Waals surface area contributed by atoms with E-state index in [-0.39, 0.29) is 30.1 Å². The largest absolute Gasteiger partial charge is 0.460 e. The van der Waals surface area contributed by atoms with Gasteiger partial charge in [0.05, 0.1) is 29.8 Å². The second kappa shape index (κ2) is 9.38. The Morgan fingerprint density at radius 3 is 2.73 bits per heavy atom. The highest BCUT2D eigenvalue weighted by molar-refractivity contribution is 7.18. The molecule has 3 fully saturated rings. The van der Waals surface area contributed by atoms with Crippen molar-refractivity contribution >= 4 is 28.3 Å². The van der Waals surface area contributed by atoms with Crippen molar-refractivity contribution in [3.8, 4) is 16.7 Å². The zero-order valence-electron chi connectivity index (χ0n) is 19.1. The molecule has 10 nitrogen and oxygen atoms in total. The van der Waals surface area contributed by atoms with E-state index in [2.05, 4.69) is 14.9 Å². The standard InChI is InChI=1S/C22H31N7O3S/c1-28(2)19(30)13-6-8-14(9-7-13)32-22-26-18(17-12-24-20(23)33-17)25-21(27-22)29-10-11-31-16-5-3-4-15(16)29/h12-16H,3-11H2,1-2H3,(H2,23,24)/t13-,14-,15-,16-/m0/s1. The average molecular weight is 474 g/mol. The maximum absolute atomic E-state index is 12.3. The van der Waals surface area contributed by atoms with Crippen LogP contribution in [0.15, 0.2) is 6.20 Å². The summed E-state index contributed by atoms with van der Waals surface area (Å²) >= 11 is 1.35. The van der Waals surface area contributed by atoms with E-state index in [1.807, 2.05) is 14.1 Å². The second-order valence-electron chi connectivity index (χ2n) is 9.23. The third-order valence-electron chi connectivity index (χ3n) is 6.82. The molecular weight excluding hydrogens is 442 g/mol. The van der Waals surface area contributed by atoms with Crippen LogP contribution in [0.25, 0.3) is 10.7 Å². The van der Waals surface area contributed by atoms with Gasteiger partial charge in [0.2, 0.25) is 11.9 Å². The van der Waals surface area contributed by atoms with Crippen LogP contribution in [0.5, 0.6) is 6.01 Å². The lowest BCUT2D eigenvalue weighted by molar-refractivity contribution is -0.134. The van der Waals surface area contributed by atoms with Gasteiger partial charge in [0.1, 0.15) is 6.10 Å². The van der Waals surface area contributed by atoms with Crippen LogP contribution in [0.1, 0.15) is 44.9 Å². The quantitative estimate of drug-likeness (QED) is 0.698. The third kappa shape index (κ3) is 4.74. The summed E-state index contributed by atoms with van der Waals surface area (Å²) in [7, 11) is 3.62.